The summed E-state index contributed by atoms with van der Waals surface area (Å²) >= 11 is 0. The number of pyridine rings is 1. The van der Waals surface area contributed by atoms with Gasteiger partial charge in [0.15, 0.2) is 0 Å². The van der Waals surface area contributed by atoms with Gasteiger partial charge in [-0.25, -0.2) is 0 Å². The molecule has 0 saturated heterocycles. The van der Waals surface area contributed by atoms with Gasteiger partial charge in [-0.2, -0.15) is 13.2 Å². The molecule has 0 spiro atoms. The molecule has 1 amide bonds. The summed E-state index contributed by atoms with van der Waals surface area (Å²) in [4.78, 5) is 17.0. The summed E-state index contributed by atoms with van der Waals surface area (Å²) in [5, 5.41) is 3.75. The quantitative estimate of drug-likeness (QED) is 0.437. The third-order valence-electron chi connectivity index (χ3n) is 5.50. The number of benzene rings is 2. The number of alkyl halides is 3. The van der Waals surface area contributed by atoms with E-state index in [0.29, 0.717) is 11.3 Å². The van der Waals surface area contributed by atoms with Crippen LogP contribution in [0.25, 0.3) is 10.9 Å². The Morgan fingerprint density at radius 2 is 1.84 bits per heavy atom. The fraction of sp³-hybridized carbons (Fsp3) is 0.200. The van der Waals surface area contributed by atoms with Crippen LogP contribution in [0.2, 0.25) is 0 Å². The van der Waals surface area contributed by atoms with Crippen LogP contribution in [0.5, 0.6) is 0 Å². The third kappa shape index (κ3) is 4.66. The average molecular weight is 437 g/mol. The number of hydrogen-bond donors (Lipinski definition) is 1. The maximum absolute atomic E-state index is 13.4. The summed E-state index contributed by atoms with van der Waals surface area (Å²) in [5.41, 5.74) is 2.20. The molecule has 0 aliphatic heterocycles. The summed E-state index contributed by atoms with van der Waals surface area (Å²) in [7, 11) is 1.89. The Labute approximate surface area is 183 Å². The average Bonchev–Trinajstić information content (AvgIpc) is 3.13. The second-order valence-electron chi connectivity index (χ2n) is 7.69. The first-order valence-electron chi connectivity index (χ1n) is 10.2. The van der Waals surface area contributed by atoms with E-state index in [1.807, 2.05) is 48.1 Å². The molecule has 0 fully saturated rings. The van der Waals surface area contributed by atoms with Crippen molar-refractivity contribution < 1.29 is 18.0 Å². The monoisotopic (exact) mass is 437 g/mol. The van der Waals surface area contributed by atoms with Crippen molar-refractivity contribution in [3.8, 4) is 0 Å². The van der Waals surface area contributed by atoms with Crippen LogP contribution in [0.15, 0.2) is 79.1 Å². The molecule has 1 N–H and O–H groups in total. The van der Waals surface area contributed by atoms with Gasteiger partial charge in [0.25, 0.3) is 0 Å². The number of hydrogen-bond acceptors (Lipinski definition) is 2. The van der Waals surface area contributed by atoms with Gasteiger partial charge < -0.3 is 9.88 Å². The van der Waals surface area contributed by atoms with Crippen LogP contribution < -0.4 is 5.32 Å². The van der Waals surface area contributed by atoms with Crippen LogP contribution in [0.4, 0.5) is 13.2 Å². The van der Waals surface area contributed by atoms with Crippen LogP contribution >= 0.6 is 0 Å². The minimum absolute atomic E-state index is 0.0160. The van der Waals surface area contributed by atoms with Gasteiger partial charge in [0.05, 0.1) is 17.8 Å². The normalized spacial score (nSPS) is 12.6. The number of halogens is 3. The number of nitrogens with one attached hydrogen (secondary N) is 1. The van der Waals surface area contributed by atoms with Crippen LogP contribution in [0.3, 0.4) is 0 Å². The molecule has 4 rings (SSSR count). The maximum Gasteiger partial charge on any atom is 0.416 e. The predicted octanol–water partition coefficient (Wildman–Crippen LogP) is 5.43. The number of rotatable bonds is 6. The highest BCUT2D eigenvalue weighted by atomic mass is 19.4. The molecule has 7 heteroatoms. The highest BCUT2D eigenvalue weighted by molar-refractivity contribution is 5.86. The SMILES string of the molecule is Cn1cc(C(CC(=O)NCc2ccccn2)c2cccc(C(F)(F)F)c2)c2ccccc21. The zero-order valence-electron chi connectivity index (χ0n) is 17.4. The fourth-order valence-electron chi connectivity index (χ4n) is 3.94. The van der Waals surface area contributed by atoms with Gasteiger partial charge in [0, 0.05) is 42.7 Å². The molecule has 1 atom stereocenters. The molecular weight excluding hydrogens is 415 g/mol. The van der Waals surface area contributed by atoms with Gasteiger partial charge in [-0.3, -0.25) is 9.78 Å². The van der Waals surface area contributed by atoms with Crippen LogP contribution in [-0.4, -0.2) is 15.5 Å². The molecule has 0 aliphatic rings. The van der Waals surface area contributed by atoms with Crippen molar-refractivity contribution in [2.45, 2.75) is 25.1 Å². The zero-order chi connectivity index (χ0) is 22.7. The van der Waals surface area contributed by atoms with E-state index < -0.39 is 17.7 Å². The molecule has 4 aromatic rings. The van der Waals surface area contributed by atoms with E-state index in [-0.39, 0.29) is 18.9 Å². The lowest BCUT2D eigenvalue weighted by atomic mass is 9.87. The van der Waals surface area contributed by atoms with Gasteiger partial charge in [0.2, 0.25) is 5.91 Å². The largest absolute Gasteiger partial charge is 0.416 e. The molecule has 1 unspecified atom stereocenters. The standard InChI is InChI=1S/C25H22F3N3O/c1-31-16-22(20-10-2-3-11-23(20)31)21(17-7-6-8-18(13-17)25(26,27)28)14-24(32)30-15-19-9-4-5-12-29-19/h2-13,16,21H,14-15H2,1H3,(H,30,32). The number of nitrogens with zero attached hydrogens (tertiary/aromatic N) is 2. The van der Waals surface area contributed by atoms with Crippen molar-refractivity contribution in [1.82, 2.24) is 14.9 Å². The Morgan fingerprint density at radius 1 is 1.06 bits per heavy atom. The molecule has 0 bridgehead atoms. The second-order valence-corrected chi connectivity index (χ2v) is 7.69. The zero-order valence-corrected chi connectivity index (χ0v) is 17.4. The Hall–Kier alpha value is -3.61. The van der Waals surface area contributed by atoms with Crippen LogP contribution in [-0.2, 0) is 24.6 Å². The van der Waals surface area contributed by atoms with Crippen molar-refractivity contribution in [2.24, 2.45) is 7.05 Å². The van der Waals surface area contributed by atoms with Crippen LogP contribution in [0.1, 0.15) is 34.7 Å². The number of carbonyl (C=O) groups is 1. The summed E-state index contributed by atoms with van der Waals surface area (Å²) in [6, 6.07) is 18.3. The molecule has 2 aromatic carbocycles. The van der Waals surface area contributed by atoms with Gasteiger partial charge in [-0.1, -0.05) is 42.5 Å². The van der Waals surface area contributed by atoms with E-state index in [1.54, 1.807) is 24.4 Å². The van der Waals surface area contributed by atoms with Crippen LogP contribution in [0, 0.1) is 0 Å². The van der Waals surface area contributed by atoms with Crippen molar-refractivity contribution >= 4 is 16.8 Å². The van der Waals surface area contributed by atoms with E-state index in [9.17, 15) is 18.0 Å². The first-order chi connectivity index (χ1) is 15.3. The maximum atomic E-state index is 13.4. The van der Waals surface area contributed by atoms with E-state index in [4.69, 9.17) is 0 Å². The number of aryl methyl sites for hydroxylation is 1. The molecule has 4 nitrogen and oxygen atoms in total. The van der Waals surface area contributed by atoms with Crippen molar-refractivity contribution in [3.05, 3.63) is 102 Å². The Morgan fingerprint density at radius 3 is 2.59 bits per heavy atom. The number of carbonyl (C=O) groups excluding carboxylic acids is 1. The van der Waals surface area contributed by atoms with E-state index in [2.05, 4.69) is 10.3 Å². The number of aromatic nitrogens is 2. The molecule has 164 valence electrons. The summed E-state index contributed by atoms with van der Waals surface area (Å²) in [6.07, 6.45) is -0.909. The predicted molar refractivity (Wildman–Crippen MR) is 117 cm³/mol. The van der Waals surface area contributed by atoms with Gasteiger partial charge in [0.1, 0.15) is 0 Å². The van der Waals surface area contributed by atoms with Gasteiger partial charge >= 0.3 is 6.18 Å². The van der Waals surface area contributed by atoms with E-state index in [0.717, 1.165) is 28.6 Å². The van der Waals surface area contributed by atoms with Crippen molar-refractivity contribution in [1.29, 1.82) is 0 Å². The summed E-state index contributed by atoms with van der Waals surface area (Å²) < 4.78 is 42.0. The number of amides is 1. The Bertz CT molecular complexity index is 1230. The van der Waals surface area contributed by atoms with E-state index >= 15 is 0 Å². The van der Waals surface area contributed by atoms with Gasteiger partial charge in [-0.15, -0.1) is 0 Å². The highest BCUT2D eigenvalue weighted by Crippen LogP contribution is 2.37. The minimum atomic E-state index is -4.46. The Balaban J connectivity index is 1.69. The first kappa shape index (κ1) is 21.6. The lowest BCUT2D eigenvalue weighted by molar-refractivity contribution is -0.137. The summed E-state index contributed by atoms with van der Waals surface area (Å²) in [5.74, 6) is -0.793. The number of fused-ring (bicyclic) bond motifs is 1. The molecule has 32 heavy (non-hydrogen) atoms. The summed E-state index contributed by atoms with van der Waals surface area (Å²) in [6.45, 7) is 0.254. The smallest absolute Gasteiger partial charge is 0.350 e. The second kappa shape index (κ2) is 8.86. The fourth-order valence-corrected chi connectivity index (χ4v) is 3.94. The van der Waals surface area contributed by atoms with Crippen molar-refractivity contribution in [3.63, 3.8) is 0 Å². The first-order valence-corrected chi connectivity index (χ1v) is 10.2. The third-order valence-corrected chi connectivity index (χ3v) is 5.50. The molecule has 0 aliphatic carbocycles. The molecule has 0 radical (unpaired) electrons. The lowest BCUT2D eigenvalue weighted by Gasteiger charge is -2.19. The lowest BCUT2D eigenvalue weighted by Crippen LogP contribution is -2.25. The minimum Gasteiger partial charge on any atom is -0.350 e. The topological polar surface area (TPSA) is 46.9 Å². The van der Waals surface area contributed by atoms with Crippen molar-refractivity contribution in [2.75, 3.05) is 0 Å². The molecule has 2 heterocycles. The number of para-hydroxylation sites is 1. The molecular formula is C25H22F3N3O. The highest BCUT2D eigenvalue weighted by Gasteiger charge is 2.32. The van der Waals surface area contributed by atoms with Gasteiger partial charge in [-0.05, 0) is 35.4 Å². The van der Waals surface area contributed by atoms with E-state index in [1.165, 1.54) is 6.07 Å². The molecule has 0 saturated carbocycles. The Kier molecular flexibility index (Phi) is 5.99. The molecule has 2 aromatic heterocycles.